The van der Waals surface area contributed by atoms with E-state index in [0.717, 1.165) is 36.3 Å². The van der Waals surface area contributed by atoms with Gasteiger partial charge in [0, 0.05) is 25.3 Å². The Morgan fingerprint density at radius 3 is 3.11 bits per heavy atom. The molecule has 1 aromatic carbocycles. The Bertz CT molecular complexity index is 538. The first-order valence-corrected chi connectivity index (χ1v) is 7.86. The first-order valence-electron chi connectivity index (χ1n) is 6.47. The molecule has 0 fully saturated rings. The number of para-hydroxylation sites is 2. The number of aromatic nitrogens is 2. The number of amides is 1. The van der Waals surface area contributed by atoms with E-state index in [9.17, 15) is 4.79 Å². The van der Waals surface area contributed by atoms with E-state index in [2.05, 4.69) is 20.9 Å². The SMILES string of the molecule is CSCCC(=O)NCCCn1cnc2ccccc21. The van der Waals surface area contributed by atoms with E-state index >= 15 is 0 Å². The molecule has 0 spiro atoms. The fraction of sp³-hybridized carbons (Fsp3) is 0.429. The molecule has 0 saturated carbocycles. The molecular formula is C14H19N3OS. The van der Waals surface area contributed by atoms with Crippen LogP contribution in [0.1, 0.15) is 12.8 Å². The van der Waals surface area contributed by atoms with Crippen LogP contribution in [0.5, 0.6) is 0 Å². The second kappa shape index (κ2) is 7.19. The van der Waals surface area contributed by atoms with Crippen molar-refractivity contribution in [3.63, 3.8) is 0 Å². The molecule has 0 aliphatic rings. The van der Waals surface area contributed by atoms with Crippen molar-refractivity contribution in [3.05, 3.63) is 30.6 Å². The molecule has 0 saturated heterocycles. The van der Waals surface area contributed by atoms with Crippen molar-refractivity contribution in [2.75, 3.05) is 18.6 Å². The van der Waals surface area contributed by atoms with Crippen molar-refractivity contribution in [1.29, 1.82) is 0 Å². The Morgan fingerprint density at radius 1 is 1.42 bits per heavy atom. The number of carbonyl (C=O) groups excluding carboxylic acids is 1. The standard InChI is InChI=1S/C14H19N3OS/c1-19-10-7-14(18)15-8-4-9-17-11-16-12-5-2-3-6-13(12)17/h2-3,5-6,11H,4,7-10H2,1H3,(H,15,18). The number of rotatable bonds is 7. The monoisotopic (exact) mass is 277 g/mol. The molecule has 0 unspecified atom stereocenters. The van der Waals surface area contributed by atoms with Crippen LogP contribution in [-0.4, -0.2) is 34.0 Å². The topological polar surface area (TPSA) is 46.9 Å². The largest absolute Gasteiger partial charge is 0.356 e. The smallest absolute Gasteiger partial charge is 0.220 e. The third kappa shape index (κ3) is 3.99. The Hall–Kier alpha value is -1.49. The van der Waals surface area contributed by atoms with Crippen LogP contribution < -0.4 is 5.32 Å². The highest BCUT2D eigenvalue weighted by molar-refractivity contribution is 7.98. The summed E-state index contributed by atoms with van der Waals surface area (Å²) < 4.78 is 2.13. The number of hydrogen-bond donors (Lipinski definition) is 1. The van der Waals surface area contributed by atoms with Gasteiger partial charge in [0.15, 0.2) is 0 Å². The third-order valence-electron chi connectivity index (χ3n) is 2.96. The number of thioether (sulfide) groups is 1. The van der Waals surface area contributed by atoms with Gasteiger partial charge in [0.25, 0.3) is 0 Å². The van der Waals surface area contributed by atoms with E-state index < -0.39 is 0 Å². The highest BCUT2D eigenvalue weighted by Gasteiger charge is 2.02. The summed E-state index contributed by atoms with van der Waals surface area (Å²) in [5.41, 5.74) is 2.17. The van der Waals surface area contributed by atoms with E-state index in [0.29, 0.717) is 6.42 Å². The van der Waals surface area contributed by atoms with Gasteiger partial charge in [-0.1, -0.05) is 12.1 Å². The second-order valence-electron chi connectivity index (χ2n) is 4.37. The molecule has 1 amide bonds. The van der Waals surface area contributed by atoms with Crippen molar-refractivity contribution in [3.8, 4) is 0 Å². The second-order valence-corrected chi connectivity index (χ2v) is 5.36. The quantitative estimate of drug-likeness (QED) is 0.790. The van der Waals surface area contributed by atoms with Gasteiger partial charge in [-0.2, -0.15) is 11.8 Å². The van der Waals surface area contributed by atoms with Crippen molar-refractivity contribution in [2.45, 2.75) is 19.4 Å². The molecule has 2 aromatic rings. The van der Waals surface area contributed by atoms with Crippen molar-refractivity contribution < 1.29 is 4.79 Å². The Kier molecular flexibility index (Phi) is 5.27. The highest BCUT2D eigenvalue weighted by atomic mass is 32.2. The predicted molar refractivity (Wildman–Crippen MR) is 80.4 cm³/mol. The molecule has 19 heavy (non-hydrogen) atoms. The number of nitrogens with one attached hydrogen (secondary N) is 1. The first-order chi connectivity index (χ1) is 9.31. The zero-order valence-electron chi connectivity index (χ0n) is 11.1. The fourth-order valence-corrected chi connectivity index (χ4v) is 2.34. The summed E-state index contributed by atoms with van der Waals surface area (Å²) in [5, 5.41) is 2.94. The average molecular weight is 277 g/mol. The Morgan fingerprint density at radius 2 is 2.26 bits per heavy atom. The van der Waals surface area contributed by atoms with Crippen molar-refractivity contribution in [2.24, 2.45) is 0 Å². The summed E-state index contributed by atoms with van der Waals surface area (Å²) in [4.78, 5) is 15.8. The Labute approximate surface area is 117 Å². The lowest BCUT2D eigenvalue weighted by Crippen LogP contribution is -2.25. The average Bonchev–Trinajstić information content (AvgIpc) is 2.85. The number of fused-ring (bicyclic) bond motifs is 1. The minimum Gasteiger partial charge on any atom is -0.356 e. The van der Waals surface area contributed by atoms with E-state index in [1.165, 1.54) is 0 Å². The molecule has 1 heterocycles. The van der Waals surface area contributed by atoms with Gasteiger partial charge in [-0.05, 0) is 24.8 Å². The number of carbonyl (C=O) groups is 1. The number of imidazole rings is 1. The van der Waals surface area contributed by atoms with Crippen LogP contribution >= 0.6 is 11.8 Å². The predicted octanol–water partition coefficient (Wildman–Crippen LogP) is 2.30. The number of hydrogen-bond acceptors (Lipinski definition) is 3. The van der Waals surface area contributed by atoms with E-state index in [4.69, 9.17) is 0 Å². The molecule has 0 aliphatic heterocycles. The number of nitrogens with zero attached hydrogens (tertiary/aromatic N) is 2. The van der Waals surface area contributed by atoms with Crippen LogP contribution in [-0.2, 0) is 11.3 Å². The summed E-state index contributed by atoms with van der Waals surface area (Å²) in [6, 6.07) is 8.09. The van der Waals surface area contributed by atoms with Crippen LogP contribution in [0.4, 0.5) is 0 Å². The van der Waals surface area contributed by atoms with Crippen LogP contribution in [0.25, 0.3) is 11.0 Å². The van der Waals surface area contributed by atoms with E-state index in [1.807, 2.05) is 30.8 Å². The highest BCUT2D eigenvalue weighted by Crippen LogP contribution is 2.11. The number of aryl methyl sites for hydroxylation is 1. The minimum absolute atomic E-state index is 0.143. The van der Waals surface area contributed by atoms with Crippen molar-refractivity contribution in [1.82, 2.24) is 14.9 Å². The molecule has 1 aromatic heterocycles. The van der Waals surface area contributed by atoms with Crippen LogP contribution in [0.3, 0.4) is 0 Å². The molecule has 5 heteroatoms. The van der Waals surface area contributed by atoms with Gasteiger partial charge >= 0.3 is 0 Å². The van der Waals surface area contributed by atoms with Crippen LogP contribution in [0.2, 0.25) is 0 Å². The molecule has 0 radical (unpaired) electrons. The molecule has 0 atom stereocenters. The molecular weight excluding hydrogens is 258 g/mol. The zero-order chi connectivity index (χ0) is 13.5. The van der Waals surface area contributed by atoms with Crippen LogP contribution in [0, 0.1) is 0 Å². The van der Waals surface area contributed by atoms with Crippen molar-refractivity contribution >= 4 is 28.7 Å². The number of benzene rings is 1. The van der Waals surface area contributed by atoms with Gasteiger partial charge in [-0.15, -0.1) is 0 Å². The molecule has 1 N–H and O–H groups in total. The normalized spacial score (nSPS) is 10.8. The molecule has 4 nitrogen and oxygen atoms in total. The first kappa shape index (κ1) is 13.9. The van der Waals surface area contributed by atoms with Crippen LogP contribution in [0.15, 0.2) is 30.6 Å². The maximum Gasteiger partial charge on any atom is 0.220 e. The summed E-state index contributed by atoms with van der Waals surface area (Å²) >= 11 is 1.70. The maximum atomic E-state index is 11.4. The van der Waals surface area contributed by atoms with Gasteiger partial charge in [0.05, 0.1) is 17.4 Å². The van der Waals surface area contributed by atoms with Gasteiger partial charge in [-0.3, -0.25) is 4.79 Å². The fourth-order valence-electron chi connectivity index (χ4n) is 1.95. The minimum atomic E-state index is 0.143. The maximum absolute atomic E-state index is 11.4. The van der Waals surface area contributed by atoms with Gasteiger partial charge in [0.1, 0.15) is 0 Å². The van der Waals surface area contributed by atoms with Gasteiger partial charge in [0.2, 0.25) is 5.91 Å². The third-order valence-corrected chi connectivity index (χ3v) is 3.57. The van der Waals surface area contributed by atoms with Gasteiger partial charge < -0.3 is 9.88 Å². The summed E-state index contributed by atoms with van der Waals surface area (Å²) in [5.74, 6) is 1.03. The van der Waals surface area contributed by atoms with E-state index in [1.54, 1.807) is 11.8 Å². The lowest BCUT2D eigenvalue weighted by atomic mass is 10.3. The van der Waals surface area contributed by atoms with E-state index in [-0.39, 0.29) is 5.91 Å². The Balaban J connectivity index is 1.75. The zero-order valence-corrected chi connectivity index (χ0v) is 11.9. The summed E-state index contributed by atoms with van der Waals surface area (Å²) in [6.07, 6.45) is 5.40. The lowest BCUT2D eigenvalue weighted by molar-refractivity contribution is -0.120. The van der Waals surface area contributed by atoms with Gasteiger partial charge in [-0.25, -0.2) is 4.98 Å². The summed E-state index contributed by atoms with van der Waals surface area (Å²) in [7, 11) is 0. The molecule has 102 valence electrons. The summed E-state index contributed by atoms with van der Waals surface area (Å²) in [6.45, 7) is 1.60. The molecule has 2 rings (SSSR count). The molecule has 0 aliphatic carbocycles. The lowest BCUT2D eigenvalue weighted by Gasteiger charge is -2.06. The molecule has 0 bridgehead atoms.